The number of benzene rings is 6. The van der Waals surface area contributed by atoms with Crippen LogP contribution in [0.25, 0.3) is 0 Å². The molecular weight excluding hydrogens is 1370 g/mol. The highest BCUT2D eigenvalue weighted by Gasteiger charge is 2.40. The number of hydrogen-bond acceptors (Lipinski definition) is 12. The molecule has 6 aromatic carbocycles. The smallest absolute Gasteiger partial charge is 0.298 e. The molecule has 0 aliphatic carbocycles. The van der Waals surface area contributed by atoms with Crippen LogP contribution < -0.4 is 21.7 Å². The average Bonchev–Trinajstić information content (AvgIpc) is 1.70. The molecular formula is C76H88F9N11O6S. The van der Waals surface area contributed by atoms with E-state index in [1.54, 1.807) is 49.5 Å². The van der Waals surface area contributed by atoms with Crippen molar-refractivity contribution in [1.29, 1.82) is 0 Å². The number of nitrogens with two attached hydrogens (primary N) is 1. The SMILES string of the molecule is CCn1nc(C)c2c1CCN([C@@H](C(=O)NC)c1ccccc1)[C@H]2CCc1cc(F)cc(F)c1F.CCn1nc(C)c2c1CCN[C@H]2CCc1cc(F)cc(F)c1F.CCn1nc(C)cc1CCN.CNC(=O)[C@H](OS(=O)(=O)c1ccc(C)cc1)c1ccccc1.O=CCCc1cc(F)cc(F)c1F. The molecule has 0 unspecified atom stereocenters. The fraction of sp³-hybridized carbons (Fsp3) is 0.368. The summed E-state index contributed by atoms with van der Waals surface area (Å²) in [5.41, 5.74) is 16.3. The molecule has 2 amide bonds. The monoisotopic (exact) mass is 1450 g/mol. The van der Waals surface area contributed by atoms with E-state index in [2.05, 4.69) is 56.1 Å². The molecule has 103 heavy (non-hydrogen) atoms. The van der Waals surface area contributed by atoms with E-state index in [9.17, 15) is 62.3 Å². The number of rotatable bonds is 22. The van der Waals surface area contributed by atoms with Gasteiger partial charge in [-0.3, -0.25) is 28.5 Å². The average molecular weight is 1450 g/mol. The van der Waals surface area contributed by atoms with E-state index in [0.717, 1.165) is 95.7 Å². The maximum atomic E-state index is 14.4. The number of aromatic nitrogens is 6. The highest BCUT2D eigenvalue weighted by molar-refractivity contribution is 7.86. The van der Waals surface area contributed by atoms with Crippen molar-refractivity contribution in [2.75, 3.05) is 33.7 Å². The van der Waals surface area contributed by atoms with Crippen molar-refractivity contribution in [3.8, 4) is 0 Å². The van der Waals surface area contributed by atoms with Crippen LogP contribution in [0.15, 0.2) is 132 Å². The number of halogens is 9. The van der Waals surface area contributed by atoms with Crippen molar-refractivity contribution in [1.82, 2.24) is 50.2 Å². The summed E-state index contributed by atoms with van der Waals surface area (Å²) in [7, 11) is -1.00. The van der Waals surface area contributed by atoms with Crippen molar-refractivity contribution >= 4 is 28.2 Å². The van der Waals surface area contributed by atoms with E-state index in [4.69, 9.17) is 9.92 Å². The van der Waals surface area contributed by atoms with Gasteiger partial charge in [-0.15, -0.1) is 0 Å². The summed E-state index contributed by atoms with van der Waals surface area (Å²) in [6, 6.07) is 30.1. The van der Waals surface area contributed by atoms with Crippen molar-refractivity contribution < 1.29 is 66.5 Å². The summed E-state index contributed by atoms with van der Waals surface area (Å²) in [5.74, 6) is -9.68. The number of amides is 2. The van der Waals surface area contributed by atoms with Gasteiger partial charge in [-0.2, -0.15) is 23.7 Å². The number of carbonyl (C=O) groups is 3. The third kappa shape index (κ3) is 21.2. The number of nitrogens with one attached hydrogen (secondary N) is 3. The molecule has 11 rings (SSSR count). The molecule has 2 aliphatic heterocycles. The second-order valence-electron chi connectivity index (χ2n) is 24.5. The molecule has 27 heteroatoms. The van der Waals surface area contributed by atoms with Gasteiger partial charge in [0, 0.05) is 131 Å². The molecule has 0 radical (unpaired) electrons. The highest BCUT2D eigenvalue weighted by Crippen LogP contribution is 2.41. The van der Waals surface area contributed by atoms with Crippen LogP contribution >= 0.6 is 0 Å². The lowest BCUT2D eigenvalue weighted by Crippen LogP contribution is -2.45. The van der Waals surface area contributed by atoms with Crippen molar-refractivity contribution in [2.24, 2.45) is 5.73 Å². The molecule has 4 atom stereocenters. The van der Waals surface area contributed by atoms with Crippen LogP contribution in [0.1, 0.15) is 143 Å². The molecule has 17 nitrogen and oxygen atoms in total. The molecule has 5 heterocycles. The lowest BCUT2D eigenvalue weighted by Gasteiger charge is -2.41. The van der Waals surface area contributed by atoms with E-state index in [1.807, 2.05) is 79.0 Å². The van der Waals surface area contributed by atoms with Gasteiger partial charge < -0.3 is 26.5 Å². The fourth-order valence-electron chi connectivity index (χ4n) is 12.7. The molecule has 0 saturated carbocycles. The fourth-order valence-corrected chi connectivity index (χ4v) is 13.7. The first-order valence-corrected chi connectivity index (χ1v) is 35.3. The topological polar surface area (TPSA) is 213 Å². The molecule has 552 valence electrons. The number of likely N-dealkylation sites (N-methyl/N-ethyl adjacent to an activating group) is 2. The molecule has 5 N–H and O–H groups in total. The number of carbonyl (C=O) groups excluding carboxylic acids is 3. The molecule has 3 aromatic heterocycles. The van der Waals surface area contributed by atoms with Crippen LogP contribution in [0.4, 0.5) is 39.5 Å². The Kier molecular flexibility index (Phi) is 30.1. The Labute approximate surface area is 595 Å². The van der Waals surface area contributed by atoms with Crippen molar-refractivity contribution in [2.45, 2.75) is 155 Å². The number of nitrogens with zero attached hydrogens (tertiary/aromatic N) is 7. The minimum atomic E-state index is -4.04. The first kappa shape index (κ1) is 81.0. The number of hydrogen-bond donors (Lipinski definition) is 4. The second-order valence-corrected chi connectivity index (χ2v) is 26.0. The van der Waals surface area contributed by atoms with Gasteiger partial charge >= 0.3 is 0 Å². The van der Waals surface area contributed by atoms with E-state index >= 15 is 0 Å². The Balaban J connectivity index is 0.000000190. The quantitative estimate of drug-likeness (QED) is 0.0216. The van der Waals surface area contributed by atoms with E-state index in [0.29, 0.717) is 68.9 Å². The van der Waals surface area contributed by atoms with E-state index in [1.165, 1.54) is 30.6 Å². The predicted octanol–water partition coefficient (Wildman–Crippen LogP) is 13.2. The minimum Gasteiger partial charge on any atom is -0.358 e. The Morgan fingerprint density at radius 3 is 1.58 bits per heavy atom. The van der Waals surface area contributed by atoms with Gasteiger partial charge in [0.15, 0.2) is 41.0 Å². The Morgan fingerprint density at radius 1 is 0.602 bits per heavy atom. The summed E-state index contributed by atoms with van der Waals surface area (Å²) in [5, 5.41) is 22.1. The normalized spacial score (nSPS) is 14.5. The third-order valence-electron chi connectivity index (χ3n) is 17.5. The summed E-state index contributed by atoms with van der Waals surface area (Å²) in [6.45, 7) is 18.5. The lowest BCUT2D eigenvalue weighted by atomic mass is 9.88. The molecule has 0 fully saturated rings. The molecule has 0 saturated heterocycles. The molecule has 0 bridgehead atoms. The Morgan fingerprint density at radius 2 is 1.09 bits per heavy atom. The lowest BCUT2D eigenvalue weighted by molar-refractivity contribution is -0.128. The maximum Gasteiger partial charge on any atom is 0.298 e. The van der Waals surface area contributed by atoms with Gasteiger partial charge in [0.25, 0.3) is 16.0 Å². The van der Waals surface area contributed by atoms with Gasteiger partial charge in [-0.05, 0) is 151 Å². The van der Waals surface area contributed by atoms with Gasteiger partial charge in [0.2, 0.25) is 5.91 Å². The van der Waals surface area contributed by atoms with Crippen LogP contribution in [0, 0.1) is 80.0 Å². The van der Waals surface area contributed by atoms with Crippen LogP contribution in [-0.4, -0.2) is 94.5 Å². The van der Waals surface area contributed by atoms with Crippen LogP contribution in [-0.2, 0) is 86.8 Å². The first-order chi connectivity index (χ1) is 49.2. The summed E-state index contributed by atoms with van der Waals surface area (Å²) < 4.78 is 156. The zero-order valence-corrected chi connectivity index (χ0v) is 59.9. The predicted molar refractivity (Wildman–Crippen MR) is 374 cm³/mol. The van der Waals surface area contributed by atoms with Gasteiger partial charge in [0.05, 0.1) is 22.0 Å². The van der Waals surface area contributed by atoms with Crippen molar-refractivity contribution in [3.05, 3.63) is 258 Å². The standard InChI is InChI=1S/C26H29F3N4O.C17H20F3N3.C16H17NO4S.C9H7F3O.C8H15N3/c1-4-33-22-12-13-32(25(26(34)30-3)17-8-6-5-7-9-17)21(23(22)16(2)31-33)11-10-18-14-19(27)15-20(28)24(18)29;1-3-23-15-6-7-21-14(16(15)10(2)22-23)5-4-11-8-12(18)9-13(19)17(11)20;1-12-8-10-14(11-9-12)22(19,20)21-15(16(18)17-2)13-6-4-3-5-7-13;10-7-4-6(2-1-3-13)9(12)8(11)5-7;1-3-11-8(4-5-9)6-7(2)10-11/h5-9,14-15,21,25H,4,10-13H2,1-3H3,(H,30,34);8-9,14,21H,3-7H2,1-2H3;3-11,15H,1-2H3,(H,17,18);3-5H,1-2H2;6H,3-5,9H2,1-2H3/t21-,25+;14-;15-;;/m001../s1. The Bertz CT molecular complexity index is 4430. The molecule has 0 spiro atoms. The third-order valence-corrected chi connectivity index (χ3v) is 18.8. The molecule has 2 aliphatic rings. The largest absolute Gasteiger partial charge is 0.358 e. The zero-order valence-electron chi connectivity index (χ0n) is 59.1. The van der Waals surface area contributed by atoms with Gasteiger partial charge in [0.1, 0.15) is 29.8 Å². The number of fused-ring (bicyclic) bond motifs is 2. The first-order valence-electron chi connectivity index (χ1n) is 33.9. The molecule has 9 aromatic rings. The van der Waals surface area contributed by atoms with Crippen LogP contribution in [0.5, 0.6) is 0 Å². The number of aldehydes is 1. The number of aryl methyl sites for hydroxylation is 10. The van der Waals surface area contributed by atoms with Crippen LogP contribution in [0.3, 0.4) is 0 Å². The summed E-state index contributed by atoms with van der Waals surface area (Å²) >= 11 is 0. The highest BCUT2D eigenvalue weighted by atomic mass is 32.2. The Hall–Kier alpha value is -9.28. The second kappa shape index (κ2) is 38.3. The van der Waals surface area contributed by atoms with Crippen molar-refractivity contribution in [3.63, 3.8) is 0 Å². The van der Waals surface area contributed by atoms with E-state index < -0.39 is 80.5 Å². The minimum absolute atomic E-state index is 0.0127. The summed E-state index contributed by atoms with van der Waals surface area (Å²) in [6.07, 6.45) is 3.31. The van der Waals surface area contributed by atoms with E-state index in [-0.39, 0.29) is 65.3 Å². The van der Waals surface area contributed by atoms with Crippen LogP contribution in [0.2, 0.25) is 0 Å². The zero-order chi connectivity index (χ0) is 75.2. The summed E-state index contributed by atoms with van der Waals surface area (Å²) in [4.78, 5) is 37.2. The maximum absolute atomic E-state index is 14.4. The van der Waals surface area contributed by atoms with Gasteiger partial charge in [-0.25, -0.2) is 43.7 Å². The van der Waals surface area contributed by atoms with Gasteiger partial charge in [-0.1, -0.05) is 78.4 Å².